The predicted molar refractivity (Wildman–Crippen MR) is 86.6 cm³/mol. The number of hydrogen-bond donors (Lipinski definition) is 0. The van der Waals surface area contributed by atoms with Gasteiger partial charge in [0, 0.05) is 10.7 Å². The topological polar surface area (TPSA) is 27.7 Å². The lowest BCUT2D eigenvalue weighted by Gasteiger charge is -2.30. The third-order valence-corrected chi connectivity index (χ3v) is 5.10. The van der Waals surface area contributed by atoms with Crippen molar-refractivity contribution in [2.45, 2.75) is 33.6 Å². The van der Waals surface area contributed by atoms with Gasteiger partial charge >= 0.3 is 0 Å². The van der Waals surface area contributed by atoms with Crippen molar-refractivity contribution in [3.05, 3.63) is 17.7 Å². The number of methoxy groups -OCH3 is 2. The molecule has 1 aromatic carbocycles. The lowest BCUT2D eigenvalue weighted by atomic mass is 9.86. The highest BCUT2D eigenvalue weighted by Crippen LogP contribution is 2.40. The van der Waals surface area contributed by atoms with Crippen LogP contribution in [-0.2, 0) is 0 Å². The molecule has 0 aliphatic carbocycles. The van der Waals surface area contributed by atoms with Crippen molar-refractivity contribution in [2.75, 3.05) is 26.2 Å². The van der Waals surface area contributed by atoms with E-state index in [0.29, 0.717) is 12.4 Å². The fourth-order valence-electron chi connectivity index (χ4n) is 2.06. The van der Waals surface area contributed by atoms with E-state index in [-0.39, 0.29) is 5.41 Å². The second kappa shape index (κ2) is 7.77. The smallest absolute Gasteiger partial charge is 0.203 e. The number of rotatable bonds is 8. The van der Waals surface area contributed by atoms with Gasteiger partial charge < -0.3 is 14.2 Å². The van der Waals surface area contributed by atoms with E-state index < -0.39 is 0 Å². The van der Waals surface area contributed by atoms with E-state index >= 15 is 0 Å². The van der Waals surface area contributed by atoms with Crippen molar-refractivity contribution < 1.29 is 14.2 Å². The Morgan fingerprint density at radius 2 is 1.55 bits per heavy atom. The zero-order valence-electron chi connectivity index (χ0n) is 13.1. The molecule has 0 aliphatic rings. The lowest BCUT2D eigenvalue weighted by molar-refractivity contribution is 0.149. The Kier molecular flexibility index (Phi) is 6.66. The van der Waals surface area contributed by atoms with Gasteiger partial charge in [0.15, 0.2) is 11.5 Å². The molecule has 0 fully saturated rings. The van der Waals surface area contributed by atoms with Crippen molar-refractivity contribution in [3.8, 4) is 17.2 Å². The van der Waals surface area contributed by atoms with Crippen LogP contribution in [0.1, 0.15) is 32.3 Å². The minimum atomic E-state index is 0.140. The molecule has 0 radical (unpaired) electrons. The standard InChI is InChI=1S/C16H25BrO3/c1-6-16(7-2,10-17)11-20-15-13(18-4)8-12(3)9-14(15)19-5/h8-9H,6-7,10-11H2,1-5H3. The molecule has 0 atom stereocenters. The molecule has 0 bridgehead atoms. The largest absolute Gasteiger partial charge is 0.493 e. The summed E-state index contributed by atoms with van der Waals surface area (Å²) < 4.78 is 16.9. The minimum Gasteiger partial charge on any atom is -0.493 e. The third kappa shape index (κ3) is 3.81. The van der Waals surface area contributed by atoms with E-state index in [1.807, 2.05) is 19.1 Å². The summed E-state index contributed by atoms with van der Waals surface area (Å²) in [6, 6.07) is 3.93. The van der Waals surface area contributed by atoms with Crippen molar-refractivity contribution >= 4 is 15.9 Å². The molecule has 0 N–H and O–H groups in total. The Bertz CT molecular complexity index is 394. The first kappa shape index (κ1) is 17.2. The number of ether oxygens (including phenoxy) is 3. The quantitative estimate of drug-likeness (QED) is 0.645. The minimum absolute atomic E-state index is 0.140. The van der Waals surface area contributed by atoms with Gasteiger partial charge in [0.05, 0.1) is 20.8 Å². The van der Waals surface area contributed by atoms with Crippen LogP contribution in [0, 0.1) is 12.3 Å². The number of aryl methyl sites for hydroxylation is 1. The van der Waals surface area contributed by atoms with Gasteiger partial charge in [0.1, 0.15) is 0 Å². The average molecular weight is 345 g/mol. The molecule has 4 heteroatoms. The van der Waals surface area contributed by atoms with Crippen LogP contribution in [0.2, 0.25) is 0 Å². The fourth-order valence-corrected chi connectivity index (χ4v) is 3.02. The van der Waals surface area contributed by atoms with E-state index in [0.717, 1.165) is 35.2 Å². The molecule has 20 heavy (non-hydrogen) atoms. The molecule has 1 aromatic rings. The number of alkyl halides is 1. The van der Waals surface area contributed by atoms with Gasteiger partial charge in [-0.25, -0.2) is 0 Å². The monoisotopic (exact) mass is 344 g/mol. The summed E-state index contributed by atoms with van der Waals surface area (Å²) in [4.78, 5) is 0. The normalized spacial score (nSPS) is 11.3. The summed E-state index contributed by atoms with van der Waals surface area (Å²) in [5.74, 6) is 2.13. The zero-order valence-corrected chi connectivity index (χ0v) is 14.7. The van der Waals surface area contributed by atoms with Gasteiger partial charge in [0.2, 0.25) is 5.75 Å². The molecular formula is C16H25BrO3. The van der Waals surface area contributed by atoms with E-state index in [1.54, 1.807) is 14.2 Å². The molecule has 0 saturated carbocycles. The van der Waals surface area contributed by atoms with E-state index in [9.17, 15) is 0 Å². The average Bonchev–Trinajstić information content (AvgIpc) is 2.49. The Balaban J connectivity index is 3.02. The van der Waals surface area contributed by atoms with Gasteiger partial charge in [-0.05, 0) is 37.5 Å². The molecule has 0 aromatic heterocycles. The van der Waals surface area contributed by atoms with Crippen molar-refractivity contribution in [1.29, 1.82) is 0 Å². The highest BCUT2D eigenvalue weighted by molar-refractivity contribution is 9.09. The summed E-state index contributed by atoms with van der Waals surface area (Å²) >= 11 is 3.61. The maximum Gasteiger partial charge on any atom is 0.203 e. The molecule has 0 saturated heterocycles. The van der Waals surface area contributed by atoms with Crippen LogP contribution in [0.4, 0.5) is 0 Å². The van der Waals surface area contributed by atoms with Gasteiger partial charge in [-0.1, -0.05) is 29.8 Å². The van der Waals surface area contributed by atoms with Crippen LogP contribution >= 0.6 is 15.9 Å². The van der Waals surface area contributed by atoms with Gasteiger partial charge in [-0.2, -0.15) is 0 Å². The molecule has 0 heterocycles. The molecule has 0 unspecified atom stereocenters. The summed E-state index contributed by atoms with van der Waals surface area (Å²) in [6.45, 7) is 7.03. The Hall–Kier alpha value is -0.900. The van der Waals surface area contributed by atoms with Crippen LogP contribution < -0.4 is 14.2 Å². The van der Waals surface area contributed by atoms with Gasteiger partial charge in [-0.15, -0.1) is 0 Å². The summed E-state index contributed by atoms with van der Waals surface area (Å²) in [5.41, 5.74) is 1.23. The molecule has 1 rings (SSSR count). The fraction of sp³-hybridized carbons (Fsp3) is 0.625. The molecule has 3 nitrogen and oxygen atoms in total. The van der Waals surface area contributed by atoms with Crippen molar-refractivity contribution in [3.63, 3.8) is 0 Å². The summed E-state index contributed by atoms with van der Waals surface area (Å²) in [5, 5.41) is 0.920. The first-order valence-corrected chi connectivity index (χ1v) is 8.09. The Labute approximate surface area is 130 Å². The number of benzene rings is 1. The zero-order chi connectivity index (χ0) is 15.2. The van der Waals surface area contributed by atoms with Crippen molar-refractivity contribution in [2.24, 2.45) is 5.41 Å². The number of halogens is 1. The summed E-state index contributed by atoms with van der Waals surface area (Å²) in [7, 11) is 3.30. The summed E-state index contributed by atoms with van der Waals surface area (Å²) in [6.07, 6.45) is 2.12. The SMILES string of the molecule is CCC(CC)(CBr)COc1c(OC)cc(C)cc1OC. The molecule has 0 amide bonds. The lowest BCUT2D eigenvalue weighted by Crippen LogP contribution is -2.29. The van der Waals surface area contributed by atoms with Crippen LogP contribution in [0.25, 0.3) is 0 Å². The predicted octanol–water partition coefficient (Wildman–Crippen LogP) is 4.59. The Morgan fingerprint density at radius 1 is 1.05 bits per heavy atom. The number of hydrogen-bond acceptors (Lipinski definition) is 3. The molecule has 0 spiro atoms. The second-order valence-electron chi connectivity index (χ2n) is 5.13. The maximum absolute atomic E-state index is 6.06. The van der Waals surface area contributed by atoms with E-state index in [4.69, 9.17) is 14.2 Å². The van der Waals surface area contributed by atoms with Crippen molar-refractivity contribution in [1.82, 2.24) is 0 Å². The van der Waals surface area contributed by atoms with Crippen LogP contribution in [0.15, 0.2) is 12.1 Å². The van der Waals surface area contributed by atoms with Gasteiger partial charge in [0.25, 0.3) is 0 Å². The first-order valence-electron chi connectivity index (χ1n) is 6.97. The van der Waals surface area contributed by atoms with Crippen LogP contribution in [0.5, 0.6) is 17.2 Å². The molecule has 0 aliphatic heterocycles. The first-order chi connectivity index (χ1) is 9.55. The van der Waals surface area contributed by atoms with Crippen LogP contribution in [0.3, 0.4) is 0 Å². The third-order valence-electron chi connectivity index (χ3n) is 3.91. The van der Waals surface area contributed by atoms with E-state index in [1.165, 1.54) is 0 Å². The van der Waals surface area contributed by atoms with Gasteiger partial charge in [-0.3, -0.25) is 0 Å². The van der Waals surface area contributed by atoms with E-state index in [2.05, 4.69) is 29.8 Å². The van der Waals surface area contributed by atoms with Crippen LogP contribution in [-0.4, -0.2) is 26.2 Å². The highest BCUT2D eigenvalue weighted by atomic mass is 79.9. The highest BCUT2D eigenvalue weighted by Gasteiger charge is 2.27. The maximum atomic E-state index is 6.06. The second-order valence-corrected chi connectivity index (χ2v) is 5.69. The molecular weight excluding hydrogens is 320 g/mol. The Morgan fingerprint density at radius 3 is 1.90 bits per heavy atom. The molecule has 114 valence electrons.